The van der Waals surface area contributed by atoms with Crippen molar-refractivity contribution >= 4 is 17.2 Å². The Morgan fingerprint density at radius 3 is 2.48 bits per heavy atom. The second-order valence-corrected chi connectivity index (χ2v) is 7.82. The zero-order valence-corrected chi connectivity index (χ0v) is 15.9. The van der Waals surface area contributed by atoms with Crippen LogP contribution in [0.2, 0.25) is 0 Å². The third-order valence-electron chi connectivity index (χ3n) is 4.79. The van der Waals surface area contributed by atoms with Crippen LogP contribution in [0.15, 0.2) is 41.8 Å². The zero-order chi connectivity index (χ0) is 19.3. The van der Waals surface area contributed by atoms with Gasteiger partial charge in [0, 0.05) is 44.0 Å². The number of carbonyl (C=O) groups excluding carboxylic acids is 1. The summed E-state index contributed by atoms with van der Waals surface area (Å²) in [5, 5.41) is 2.02. The van der Waals surface area contributed by atoms with Crippen LogP contribution in [0.4, 0.5) is 13.2 Å². The van der Waals surface area contributed by atoms with Gasteiger partial charge in [0.05, 0.1) is 5.56 Å². The smallest absolute Gasteiger partial charge is 0.341 e. The van der Waals surface area contributed by atoms with Gasteiger partial charge in [-0.05, 0) is 42.0 Å². The maximum absolute atomic E-state index is 12.7. The molecule has 1 aliphatic rings. The molecule has 1 saturated heterocycles. The summed E-state index contributed by atoms with van der Waals surface area (Å²) < 4.78 is 38.0. The lowest BCUT2D eigenvalue weighted by Gasteiger charge is -2.22. The van der Waals surface area contributed by atoms with Gasteiger partial charge in [-0.1, -0.05) is 18.2 Å². The lowest BCUT2D eigenvalue weighted by Crippen LogP contribution is -2.35. The number of aryl methyl sites for hydroxylation is 1. The van der Waals surface area contributed by atoms with E-state index in [4.69, 9.17) is 0 Å². The Bertz CT molecular complexity index is 729. The second-order valence-electron chi connectivity index (χ2n) is 6.78. The summed E-state index contributed by atoms with van der Waals surface area (Å²) in [7, 11) is 0. The molecular formula is C20H23F3N2OS. The van der Waals surface area contributed by atoms with Crippen molar-refractivity contribution in [3.63, 3.8) is 0 Å². The Morgan fingerprint density at radius 1 is 1.04 bits per heavy atom. The van der Waals surface area contributed by atoms with Crippen LogP contribution in [0.3, 0.4) is 0 Å². The summed E-state index contributed by atoms with van der Waals surface area (Å²) in [5.74, 6) is 0.180. The fourth-order valence-electron chi connectivity index (χ4n) is 3.28. The largest absolute Gasteiger partial charge is 0.416 e. The number of hydrogen-bond donors (Lipinski definition) is 0. The first-order chi connectivity index (χ1) is 12.9. The fourth-order valence-corrected chi connectivity index (χ4v) is 3.99. The first-order valence-corrected chi connectivity index (χ1v) is 9.98. The van der Waals surface area contributed by atoms with Gasteiger partial charge in [-0.3, -0.25) is 9.69 Å². The van der Waals surface area contributed by atoms with Crippen LogP contribution in [0.1, 0.15) is 28.8 Å². The number of hydrogen-bond acceptors (Lipinski definition) is 3. The zero-order valence-electron chi connectivity index (χ0n) is 15.0. The number of benzene rings is 1. The third-order valence-corrected chi connectivity index (χ3v) is 5.73. The molecule has 2 aromatic rings. The first-order valence-electron chi connectivity index (χ1n) is 9.10. The molecule has 1 fully saturated rings. The highest BCUT2D eigenvalue weighted by Crippen LogP contribution is 2.29. The highest BCUT2D eigenvalue weighted by molar-refractivity contribution is 7.09. The van der Waals surface area contributed by atoms with E-state index in [0.717, 1.165) is 50.2 Å². The van der Waals surface area contributed by atoms with E-state index in [2.05, 4.69) is 4.90 Å². The topological polar surface area (TPSA) is 23.6 Å². The van der Waals surface area contributed by atoms with Crippen LogP contribution in [-0.4, -0.2) is 41.9 Å². The molecule has 0 aliphatic carbocycles. The summed E-state index contributed by atoms with van der Waals surface area (Å²) >= 11 is 1.67. The molecule has 3 nitrogen and oxygen atoms in total. The molecule has 2 heterocycles. The van der Waals surface area contributed by atoms with Crippen LogP contribution in [0, 0.1) is 0 Å². The van der Waals surface area contributed by atoms with Crippen molar-refractivity contribution in [2.75, 3.05) is 26.2 Å². The van der Waals surface area contributed by atoms with Gasteiger partial charge in [0.15, 0.2) is 0 Å². The molecule has 27 heavy (non-hydrogen) atoms. The first kappa shape index (κ1) is 19.9. The van der Waals surface area contributed by atoms with Gasteiger partial charge in [-0.25, -0.2) is 0 Å². The summed E-state index contributed by atoms with van der Waals surface area (Å²) in [4.78, 5) is 17.8. The highest BCUT2D eigenvalue weighted by atomic mass is 32.1. The monoisotopic (exact) mass is 396 g/mol. The van der Waals surface area contributed by atoms with Gasteiger partial charge in [-0.15, -0.1) is 11.3 Å². The lowest BCUT2D eigenvalue weighted by molar-refractivity contribution is -0.137. The van der Waals surface area contributed by atoms with Crippen molar-refractivity contribution in [2.24, 2.45) is 0 Å². The Hall–Kier alpha value is -1.86. The van der Waals surface area contributed by atoms with E-state index in [1.807, 2.05) is 22.4 Å². The van der Waals surface area contributed by atoms with Crippen molar-refractivity contribution in [3.8, 4) is 0 Å². The van der Waals surface area contributed by atoms with Crippen molar-refractivity contribution in [3.05, 3.63) is 57.8 Å². The molecule has 1 amide bonds. The van der Waals surface area contributed by atoms with Crippen LogP contribution in [0.25, 0.3) is 0 Å². The van der Waals surface area contributed by atoms with Gasteiger partial charge in [0.1, 0.15) is 0 Å². The second kappa shape index (κ2) is 8.89. The number of alkyl halides is 3. The van der Waals surface area contributed by atoms with Crippen molar-refractivity contribution in [1.29, 1.82) is 0 Å². The minimum absolute atomic E-state index is 0.180. The van der Waals surface area contributed by atoms with Gasteiger partial charge < -0.3 is 4.90 Å². The SMILES string of the molecule is O=C(CCc1cccs1)N1CCCN(Cc2ccc(C(F)(F)F)cc2)CC1. The number of carbonyl (C=O) groups is 1. The molecule has 3 rings (SSSR count). The van der Waals surface area contributed by atoms with Crippen LogP contribution < -0.4 is 0 Å². The van der Waals surface area contributed by atoms with E-state index < -0.39 is 11.7 Å². The Kier molecular flexibility index (Phi) is 6.55. The molecule has 0 atom stereocenters. The predicted octanol–water partition coefficient (Wildman–Crippen LogP) is 4.43. The molecule has 0 bridgehead atoms. The molecular weight excluding hydrogens is 373 g/mol. The fraction of sp³-hybridized carbons (Fsp3) is 0.450. The number of rotatable bonds is 5. The quantitative estimate of drug-likeness (QED) is 0.746. The van der Waals surface area contributed by atoms with Gasteiger partial charge in [0.25, 0.3) is 0 Å². The van der Waals surface area contributed by atoms with Crippen LogP contribution in [-0.2, 0) is 23.9 Å². The Labute approximate surface area is 161 Å². The van der Waals surface area contributed by atoms with Crippen LogP contribution >= 0.6 is 11.3 Å². The summed E-state index contributed by atoms with van der Waals surface area (Å²) in [6, 6.07) is 9.39. The van der Waals surface area contributed by atoms with Crippen molar-refractivity contribution in [1.82, 2.24) is 9.80 Å². The number of nitrogens with zero attached hydrogens (tertiary/aromatic N) is 2. The molecule has 0 unspecified atom stereocenters. The Balaban J connectivity index is 1.48. The minimum atomic E-state index is -4.30. The Morgan fingerprint density at radius 2 is 1.81 bits per heavy atom. The normalized spacial score (nSPS) is 16.3. The molecule has 7 heteroatoms. The molecule has 0 saturated carbocycles. The number of halogens is 3. The molecule has 1 aromatic carbocycles. The number of amides is 1. The van der Waals surface area contributed by atoms with E-state index in [9.17, 15) is 18.0 Å². The summed E-state index contributed by atoms with van der Waals surface area (Å²) in [5.41, 5.74) is 0.241. The molecule has 146 valence electrons. The highest BCUT2D eigenvalue weighted by Gasteiger charge is 2.30. The van der Waals surface area contributed by atoms with E-state index in [1.165, 1.54) is 17.0 Å². The predicted molar refractivity (Wildman–Crippen MR) is 101 cm³/mol. The van der Waals surface area contributed by atoms with E-state index in [1.54, 1.807) is 11.3 Å². The van der Waals surface area contributed by atoms with Crippen LogP contribution in [0.5, 0.6) is 0 Å². The molecule has 1 aromatic heterocycles. The van der Waals surface area contributed by atoms with E-state index in [0.29, 0.717) is 19.5 Å². The van der Waals surface area contributed by atoms with Gasteiger partial charge in [-0.2, -0.15) is 13.2 Å². The molecule has 0 N–H and O–H groups in total. The van der Waals surface area contributed by atoms with Crippen molar-refractivity contribution < 1.29 is 18.0 Å². The molecule has 0 radical (unpaired) electrons. The van der Waals surface area contributed by atoms with Crippen molar-refractivity contribution in [2.45, 2.75) is 32.0 Å². The maximum atomic E-state index is 12.7. The molecule has 1 aliphatic heterocycles. The minimum Gasteiger partial charge on any atom is -0.341 e. The third kappa shape index (κ3) is 5.81. The number of thiophene rings is 1. The summed E-state index contributed by atoms with van der Waals surface area (Å²) in [6.07, 6.45) is -2.11. The average Bonchev–Trinajstić information content (AvgIpc) is 3.05. The lowest BCUT2D eigenvalue weighted by atomic mass is 10.1. The maximum Gasteiger partial charge on any atom is 0.416 e. The average molecular weight is 396 g/mol. The van der Waals surface area contributed by atoms with Gasteiger partial charge >= 0.3 is 6.18 Å². The van der Waals surface area contributed by atoms with E-state index >= 15 is 0 Å². The standard InChI is InChI=1S/C20H23F3N2OS/c21-20(22,23)17-6-4-16(5-7-17)15-24-10-2-11-25(13-12-24)19(26)9-8-18-3-1-14-27-18/h1,3-7,14H,2,8-13,15H2. The molecule has 0 spiro atoms. The van der Waals surface area contributed by atoms with E-state index in [-0.39, 0.29) is 5.91 Å². The van der Waals surface area contributed by atoms with Gasteiger partial charge in [0.2, 0.25) is 5.91 Å². The summed E-state index contributed by atoms with van der Waals surface area (Å²) in [6.45, 7) is 3.60.